The van der Waals surface area contributed by atoms with Gasteiger partial charge >= 0.3 is 0 Å². The van der Waals surface area contributed by atoms with Crippen LogP contribution in [-0.2, 0) is 0 Å². The van der Waals surface area contributed by atoms with E-state index in [2.05, 4.69) is 5.32 Å². The molecule has 0 atom stereocenters. The second-order valence-corrected chi connectivity index (χ2v) is 4.75. The van der Waals surface area contributed by atoms with E-state index in [1.165, 1.54) is 0 Å². The van der Waals surface area contributed by atoms with Gasteiger partial charge in [0.2, 0.25) is 0 Å². The van der Waals surface area contributed by atoms with Crippen LogP contribution in [0.1, 0.15) is 37.8 Å². The molecule has 0 aliphatic rings. The van der Waals surface area contributed by atoms with Crippen molar-refractivity contribution in [2.75, 3.05) is 13.6 Å². The predicted molar refractivity (Wildman–Crippen MR) is 74.8 cm³/mol. The first-order valence-corrected chi connectivity index (χ1v) is 6.05. The largest absolute Gasteiger partial charge is 0.316 e. The summed E-state index contributed by atoms with van der Waals surface area (Å²) < 4.78 is 0. The van der Waals surface area contributed by atoms with Gasteiger partial charge in [-0.05, 0) is 25.5 Å². The number of hydrogen-bond acceptors (Lipinski definition) is 3. The van der Waals surface area contributed by atoms with Crippen molar-refractivity contribution < 1.29 is 4.92 Å². The van der Waals surface area contributed by atoms with Gasteiger partial charge in [-0.1, -0.05) is 37.6 Å². The molecule has 0 heterocycles. The van der Waals surface area contributed by atoms with Crippen molar-refractivity contribution in [1.29, 1.82) is 0 Å². The van der Waals surface area contributed by atoms with Gasteiger partial charge in [-0.2, -0.15) is 0 Å². The number of rotatable bonds is 5. The second kappa shape index (κ2) is 6.31. The third-order valence-corrected chi connectivity index (χ3v) is 2.74. The van der Waals surface area contributed by atoms with Gasteiger partial charge < -0.3 is 5.32 Å². The summed E-state index contributed by atoms with van der Waals surface area (Å²) in [7, 11) is 1.88. The van der Waals surface area contributed by atoms with Crippen LogP contribution in [0, 0.1) is 10.1 Å². The molecule has 0 saturated carbocycles. The number of nitrogens with one attached hydrogen (secondary N) is 1. The molecule has 0 fully saturated rings. The lowest BCUT2D eigenvalue weighted by molar-refractivity contribution is -0.385. The maximum atomic E-state index is 11.1. The van der Waals surface area contributed by atoms with Crippen LogP contribution in [0.2, 0.25) is 0 Å². The Hall–Kier alpha value is -1.68. The summed E-state index contributed by atoms with van der Waals surface area (Å²) in [6, 6.07) is 5.43. The van der Waals surface area contributed by atoms with Crippen LogP contribution in [-0.4, -0.2) is 18.5 Å². The molecular formula is C14H20N2O2. The number of benzene rings is 1. The predicted octanol–water partition coefficient (Wildman–Crippen LogP) is 3.34. The molecule has 98 valence electrons. The molecule has 0 amide bonds. The summed E-state index contributed by atoms with van der Waals surface area (Å²) in [5.74, 6) is 0.154. The summed E-state index contributed by atoms with van der Waals surface area (Å²) in [4.78, 5) is 10.8. The lowest BCUT2D eigenvalue weighted by Gasteiger charge is -2.07. The Labute approximate surface area is 108 Å². The molecule has 0 unspecified atom stereocenters. The fraction of sp³-hybridized carbons (Fsp3) is 0.429. The van der Waals surface area contributed by atoms with Crippen LogP contribution in [0.5, 0.6) is 0 Å². The highest BCUT2D eigenvalue weighted by molar-refractivity contribution is 5.58. The monoisotopic (exact) mass is 248 g/mol. The van der Waals surface area contributed by atoms with E-state index in [4.69, 9.17) is 0 Å². The van der Waals surface area contributed by atoms with E-state index in [1.54, 1.807) is 6.07 Å². The zero-order chi connectivity index (χ0) is 13.7. The standard InChI is InChI=1S/C14H20N2O2/c1-10(2)13-6-5-12(7-11(3)9-15-4)8-14(13)16(17)18/h5-8,10,15H,9H2,1-4H3. The van der Waals surface area contributed by atoms with Crippen molar-refractivity contribution >= 4 is 11.8 Å². The Balaban J connectivity index is 3.15. The van der Waals surface area contributed by atoms with Crippen molar-refractivity contribution in [3.05, 3.63) is 45.0 Å². The first-order chi connectivity index (χ1) is 8.45. The summed E-state index contributed by atoms with van der Waals surface area (Å²) in [6.07, 6.45) is 1.97. The normalized spacial score (nSPS) is 11.9. The van der Waals surface area contributed by atoms with E-state index in [1.807, 2.05) is 46.0 Å². The SMILES string of the molecule is CNCC(C)=Cc1ccc(C(C)C)c([N+](=O)[O-])c1. The molecule has 0 radical (unpaired) electrons. The van der Waals surface area contributed by atoms with Crippen LogP contribution < -0.4 is 5.32 Å². The summed E-state index contributed by atoms with van der Waals surface area (Å²) >= 11 is 0. The van der Waals surface area contributed by atoms with Crippen molar-refractivity contribution in [1.82, 2.24) is 5.32 Å². The molecule has 1 N–H and O–H groups in total. The molecule has 0 bridgehead atoms. The fourth-order valence-corrected chi connectivity index (χ4v) is 1.91. The summed E-state index contributed by atoms with van der Waals surface area (Å²) in [5.41, 5.74) is 3.00. The van der Waals surface area contributed by atoms with E-state index in [-0.39, 0.29) is 16.5 Å². The molecule has 4 heteroatoms. The van der Waals surface area contributed by atoms with Gasteiger partial charge in [0.05, 0.1) is 4.92 Å². The minimum atomic E-state index is -0.305. The first-order valence-electron chi connectivity index (χ1n) is 6.05. The Morgan fingerprint density at radius 2 is 2.17 bits per heavy atom. The van der Waals surface area contributed by atoms with Crippen molar-refractivity contribution in [2.45, 2.75) is 26.7 Å². The smallest absolute Gasteiger partial charge is 0.273 e. The molecule has 0 aliphatic heterocycles. The van der Waals surface area contributed by atoms with Gasteiger partial charge in [-0.25, -0.2) is 0 Å². The Morgan fingerprint density at radius 3 is 2.67 bits per heavy atom. The van der Waals surface area contributed by atoms with Crippen molar-refractivity contribution in [3.63, 3.8) is 0 Å². The highest BCUT2D eigenvalue weighted by atomic mass is 16.6. The first kappa shape index (κ1) is 14.4. The third-order valence-electron chi connectivity index (χ3n) is 2.74. The number of nitro groups is 1. The maximum absolute atomic E-state index is 11.1. The topological polar surface area (TPSA) is 55.2 Å². The van der Waals surface area contributed by atoms with E-state index >= 15 is 0 Å². The number of nitro benzene ring substituents is 1. The Kier molecular flexibility index (Phi) is 5.04. The van der Waals surface area contributed by atoms with E-state index in [0.29, 0.717) is 0 Å². The second-order valence-electron chi connectivity index (χ2n) is 4.75. The highest BCUT2D eigenvalue weighted by Gasteiger charge is 2.16. The van der Waals surface area contributed by atoms with Crippen LogP contribution in [0.3, 0.4) is 0 Å². The quantitative estimate of drug-likeness (QED) is 0.642. The van der Waals surface area contributed by atoms with E-state index < -0.39 is 0 Å². The van der Waals surface area contributed by atoms with Gasteiger partial charge in [0.1, 0.15) is 0 Å². The lowest BCUT2D eigenvalue weighted by atomic mass is 9.98. The zero-order valence-corrected chi connectivity index (χ0v) is 11.4. The van der Waals surface area contributed by atoms with Gasteiger partial charge in [0.15, 0.2) is 0 Å². The number of nitrogens with zero attached hydrogens (tertiary/aromatic N) is 1. The molecule has 1 rings (SSSR count). The van der Waals surface area contributed by atoms with Crippen LogP contribution in [0.4, 0.5) is 5.69 Å². The Morgan fingerprint density at radius 1 is 1.50 bits per heavy atom. The van der Waals surface area contributed by atoms with Gasteiger partial charge in [-0.3, -0.25) is 10.1 Å². The number of likely N-dealkylation sites (N-methyl/N-ethyl adjacent to an activating group) is 1. The van der Waals surface area contributed by atoms with Crippen LogP contribution in [0.15, 0.2) is 23.8 Å². The maximum Gasteiger partial charge on any atom is 0.273 e. The van der Waals surface area contributed by atoms with E-state index in [0.717, 1.165) is 23.2 Å². The van der Waals surface area contributed by atoms with Crippen LogP contribution >= 0.6 is 0 Å². The molecule has 0 aliphatic carbocycles. The molecule has 18 heavy (non-hydrogen) atoms. The molecular weight excluding hydrogens is 228 g/mol. The zero-order valence-electron chi connectivity index (χ0n) is 11.4. The highest BCUT2D eigenvalue weighted by Crippen LogP contribution is 2.27. The van der Waals surface area contributed by atoms with E-state index in [9.17, 15) is 10.1 Å². The van der Waals surface area contributed by atoms with Gasteiger partial charge in [-0.15, -0.1) is 0 Å². The van der Waals surface area contributed by atoms with Crippen molar-refractivity contribution in [2.24, 2.45) is 0 Å². The molecule has 1 aromatic carbocycles. The minimum Gasteiger partial charge on any atom is -0.316 e. The average Bonchev–Trinajstić information content (AvgIpc) is 2.28. The molecule has 0 aromatic heterocycles. The van der Waals surface area contributed by atoms with Gasteiger partial charge in [0.25, 0.3) is 5.69 Å². The molecule has 0 spiro atoms. The number of hydrogen-bond donors (Lipinski definition) is 1. The minimum absolute atomic E-state index is 0.154. The summed E-state index contributed by atoms with van der Waals surface area (Å²) in [6.45, 7) is 6.70. The molecule has 1 aromatic rings. The Bertz CT molecular complexity index is 465. The molecule has 4 nitrogen and oxygen atoms in total. The lowest BCUT2D eigenvalue weighted by Crippen LogP contribution is -2.08. The molecule has 0 saturated heterocycles. The third kappa shape index (κ3) is 3.67. The van der Waals surface area contributed by atoms with Crippen LogP contribution in [0.25, 0.3) is 6.08 Å². The van der Waals surface area contributed by atoms with Crippen molar-refractivity contribution in [3.8, 4) is 0 Å². The average molecular weight is 248 g/mol. The summed E-state index contributed by atoms with van der Waals surface area (Å²) in [5, 5.41) is 14.1. The van der Waals surface area contributed by atoms with Gasteiger partial charge in [0, 0.05) is 18.2 Å². The fourth-order valence-electron chi connectivity index (χ4n) is 1.91.